The number of aromatic amines is 1. The number of methoxy groups -OCH3 is 1. The standard InChI is InChI=1S/C20H21N3O4/c1-26-16-5-2-14(3-6-16)12-19(24)23-10-8-22(9-11-23)15-4-7-18-17(13-15)21-20(25)27-18/h2-7,13H,8-12H2,1H3,(H,21,25). The monoisotopic (exact) mass is 367 g/mol. The number of benzene rings is 2. The van der Waals surface area contributed by atoms with Crippen LogP contribution in [0.2, 0.25) is 0 Å². The molecule has 0 radical (unpaired) electrons. The number of ether oxygens (including phenoxy) is 1. The van der Waals surface area contributed by atoms with E-state index < -0.39 is 5.76 Å². The highest BCUT2D eigenvalue weighted by Gasteiger charge is 2.21. The van der Waals surface area contributed by atoms with Gasteiger partial charge in [0, 0.05) is 31.9 Å². The second-order valence-electron chi connectivity index (χ2n) is 6.59. The van der Waals surface area contributed by atoms with Gasteiger partial charge in [0.2, 0.25) is 5.91 Å². The highest BCUT2D eigenvalue weighted by Crippen LogP contribution is 2.22. The first-order valence-electron chi connectivity index (χ1n) is 8.91. The van der Waals surface area contributed by atoms with Gasteiger partial charge in [-0.25, -0.2) is 4.79 Å². The predicted octanol–water partition coefficient (Wildman–Crippen LogP) is 2.02. The second kappa shape index (κ2) is 7.19. The number of H-pyrrole nitrogens is 1. The number of carbonyl (C=O) groups is 1. The molecule has 1 aliphatic rings. The Morgan fingerprint density at radius 2 is 1.85 bits per heavy atom. The lowest BCUT2D eigenvalue weighted by Gasteiger charge is -2.36. The van der Waals surface area contributed by atoms with Crippen LogP contribution in [0, 0.1) is 0 Å². The Hall–Kier alpha value is -3.22. The Labute approximate surface area is 156 Å². The summed E-state index contributed by atoms with van der Waals surface area (Å²) in [6.45, 7) is 2.85. The number of anilines is 1. The Kier molecular flexibility index (Phi) is 4.58. The molecule has 4 rings (SSSR count). The molecule has 7 heteroatoms. The molecule has 0 atom stereocenters. The number of piperazine rings is 1. The molecule has 2 aromatic carbocycles. The van der Waals surface area contributed by atoms with Gasteiger partial charge in [-0.2, -0.15) is 0 Å². The van der Waals surface area contributed by atoms with Crippen LogP contribution in [0.4, 0.5) is 5.69 Å². The fraction of sp³-hybridized carbons (Fsp3) is 0.300. The average molecular weight is 367 g/mol. The summed E-state index contributed by atoms with van der Waals surface area (Å²) in [5.41, 5.74) is 3.24. The van der Waals surface area contributed by atoms with E-state index in [0.717, 1.165) is 30.1 Å². The Morgan fingerprint density at radius 3 is 2.56 bits per heavy atom. The van der Waals surface area contributed by atoms with Crippen molar-refractivity contribution < 1.29 is 13.9 Å². The molecule has 0 aliphatic carbocycles. The number of hydrogen-bond donors (Lipinski definition) is 1. The fourth-order valence-electron chi connectivity index (χ4n) is 3.38. The third-order valence-corrected chi connectivity index (χ3v) is 4.91. The van der Waals surface area contributed by atoms with Gasteiger partial charge in [0.25, 0.3) is 0 Å². The van der Waals surface area contributed by atoms with Crippen LogP contribution in [0.3, 0.4) is 0 Å². The molecule has 1 saturated heterocycles. The van der Waals surface area contributed by atoms with Gasteiger partial charge in [0.15, 0.2) is 5.58 Å². The van der Waals surface area contributed by atoms with Crippen LogP contribution in [0.1, 0.15) is 5.56 Å². The highest BCUT2D eigenvalue weighted by atomic mass is 16.5. The Morgan fingerprint density at radius 1 is 1.11 bits per heavy atom. The minimum atomic E-state index is -0.448. The highest BCUT2D eigenvalue weighted by molar-refractivity contribution is 5.80. The first kappa shape index (κ1) is 17.2. The van der Waals surface area contributed by atoms with E-state index in [1.54, 1.807) is 13.2 Å². The topological polar surface area (TPSA) is 78.8 Å². The largest absolute Gasteiger partial charge is 0.497 e. The van der Waals surface area contributed by atoms with E-state index in [1.165, 1.54) is 0 Å². The summed E-state index contributed by atoms with van der Waals surface area (Å²) >= 11 is 0. The molecule has 2 heterocycles. The molecule has 1 aromatic heterocycles. The third kappa shape index (κ3) is 3.67. The summed E-state index contributed by atoms with van der Waals surface area (Å²) in [7, 11) is 1.63. The number of amides is 1. The van der Waals surface area contributed by atoms with Gasteiger partial charge in [-0.05, 0) is 35.9 Å². The number of nitrogens with zero attached hydrogens (tertiary/aromatic N) is 2. The van der Waals surface area contributed by atoms with E-state index in [9.17, 15) is 9.59 Å². The molecule has 0 saturated carbocycles. The van der Waals surface area contributed by atoms with Crippen molar-refractivity contribution in [1.82, 2.24) is 9.88 Å². The van der Waals surface area contributed by atoms with E-state index in [4.69, 9.17) is 9.15 Å². The molecule has 0 spiro atoms. The van der Waals surface area contributed by atoms with Crippen molar-refractivity contribution in [2.45, 2.75) is 6.42 Å². The van der Waals surface area contributed by atoms with Gasteiger partial charge < -0.3 is 19.0 Å². The first-order valence-corrected chi connectivity index (χ1v) is 8.91. The molecule has 0 unspecified atom stereocenters. The summed E-state index contributed by atoms with van der Waals surface area (Å²) < 4.78 is 10.2. The maximum Gasteiger partial charge on any atom is 0.417 e. The zero-order valence-corrected chi connectivity index (χ0v) is 15.1. The predicted molar refractivity (Wildman–Crippen MR) is 102 cm³/mol. The Balaban J connectivity index is 1.37. The zero-order chi connectivity index (χ0) is 18.8. The van der Waals surface area contributed by atoms with Crippen molar-refractivity contribution in [2.24, 2.45) is 0 Å². The van der Waals surface area contributed by atoms with Gasteiger partial charge in [0.05, 0.1) is 19.0 Å². The average Bonchev–Trinajstić information content (AvgIpc) is 3.08. The summed E-state index contributed by atoms with van der Waals surface area (Å²) in [6.07, 6.45) is 0.395. The van der Waals surface area contributed by atoms with Crippen LogP contribution < -0.4 is 15.4 Å². The van der Waals surface area contributed by atoms with Gasteiger partial charge in [0.1, 0.15) is 5.75 Å². The van der Waals surface area contributed by atoms with E-state index in [2.05, 4.69) is 9.88 Å². The molecular formula is C20H21N3O4. The van der Waals surface area contributed by atoms with Crippen LogP contribution in [-0.4, -0.2) is 49.1 Å². The lowest BCUT2D eigenvalue weighted by Crippen LogP contribution is -2.49. The summed E-state index contributed by atoms with van der Waals surface area (Å²) in [4.78, 5) is 30.7. The van der Waals surface area contributed by atoms with Gasteiger partial charge >= 0.3 is 5.76 Å². The SMILES string of the molecule is COc1ccc(CC(=O)N2CCN(c3ccc4oc(=O)[nH]c4c3)CC2)cc1. The van der Waals surface area contributed by atoms with E-state index in [-0.39, 0.29) is 5.91 Å². The maximum atomic E-state index is 12.6. The molecular weight excluding hydrogens is 346 g/mol. The number of oxazole rings is 1. The van der Waals surface area contributed by atoms with Crippen molar-refractivity contribution >= 4 is 22.7 Å². The van der Waals surface area contributed by atoms with Gasteiger partial charge in [-0.3, -0.25) is 9.78 Å². The van der Waals surface area contributed by atoms with Crippen molar-refractivity contribution in [3.05, 3.63) is 58.6 Å². The summed E-state index contributed by atoms with van der Waals surface area (Å²) in [5.74, 6) is 0.473. The quantitative estimate of drug-likeness (QED) is 0.763. The number of nitrogens with one attached hydrogen (secondary N) is 1. The summed E-state index contributed by atoms with van der Waals surface area (Å²) in [6, 6.07) is 13.2. The molecule has 1 fully saturated rings. The van der Waals surface area contributed by atoms with E-state index in [1.807, 2.05) is 41.3 Å². The number of fused-ring (bicyclic) bond motifs is 1. The number of rotatable bonds is 4. The minimum Gasteiger partial charge on any atom is -0.497 e. The van der Waals surface area contributed by atoms with E-state index >= 15 is 0 Å². The van der Waals surface area contributed by atoms with Gasteiger partial charge in [-0.15, -0.1) is 0 Å². The maximum absolute atomic E-state index is 12.6. The molecule has 140 valence electrons. The minimum absolute atomic E-state index is 0.134. The smallest absolute Gasteiger partial charge is 0.417 e. The molecule has 27 heavy (non-hydrogen) atoms. The van der Waals surface area contributed by atoms with Crippen molar-refractivity contribution in [2.75, 3.05) is 38.2 Å². The number of aromatic nitrogens is 1. The third-order valence-electron chi connectivity index (χ3n) is 4.91. The Bertz CT molecular complexity index is 998. The molecule has 0 bridgehead atoms. The number of carbonyl (C=O) groups excluding carboxylic acids is 1. The van der Waals surface area contributed by atoms with Crippen LogP contribution >= 0.6 is 0 Å². The van der Waals surface area contributed by atoms with Crippen molar-refractivity contribution in [3.63, 3.8) is 0 Å². The van der Waals surface area contributed by atoms with Crippen LogP contribution in [0.5, 0.6) is 5.75 Å². The van der Waals surface area contributed by atoms with Crippen LogP contribution in [-0.2, 0) is 11.2 Å². The fourth-order valence-corrected chi connectivity index (χ4v) is 3.38. The first-order chi connectivity index (χ1) is 13.1. The molecule has 1 N–H and O–H groups in total. The van der Waals surface area contributed by atoms with Crippen molar-refractivity contribution in [3.8, 4) is 5.75 Å². The number of hydrogen-bond acceptors (Lipinski definition) is 5. The molecule has 1 aliphatic heterocycles. The second-order valence-corrected chi connectivity index (χ2v) is 6.59. The van der Waals surface area contributed by atoms with Crippen LogP contribution in [0.25, 0.3) is 11.1 Å². The van der Waals surface area contributed by atoms with Gasteiger partial charge in [-0.1, -0.05) is 12.1 Å². The van der Waals surface area contributed by atoms with E-state index in [0.29, 0.717) is 30.6 Å². The lowest BCUT2D eigenvalue weighted by molar-refractivity contribution is -0.130. The molecule has 7 nitrogen and oxygen atoms in total. The lowest BCUT2D eigenvalue weighted by atomic mass is 10.1. The molecule has 1 amide bonds. The molecule has 3 aromatic rings. The van der Waals surface area contributed by atoms with Crippen LogP contribution in [0.15, 0.2) is 51.7 Å². The summed E-state index contributed by atoms with van der Waals surface area (Å²) in [5, 5.41) is 0. The zero-order valence-electron chi connectivity index (χ0n) is 15.1. The normalized spacial score (nSPS) is 14.6. The van der Waals surface area contributed by atoms with Crippen molar-refractivity contribution in [1.29, 1.82) is 0 Å².